The molecule has 0 saturated heterocycles. The summed E-state index contributed by atoms with van der Waals surface area (Å²) in [5.41, 5.74) is 8.38. The minimum absolute atomic E-state index is 0.0232. The Morgan fingerprint density at radius 1 is 1.24 bits per heavy atom. The van der Waals surface area contributed by atoms with Crippen LogP contribution in [-0.2, 0) is 19.1 Å². The summed E-state index contributed by atoms with van der Waals surface area (Å²) >= 11 is 0. The average molecular weight is 295 g/mol. The van der Waals surface area contributed by atoms with E-state index in [-0.39, 0.29) is 6.04 Å². The van der Waals surface area contributed by atoms with E-state index in [1.54, 1.807) is 6.20 Å². The first-order valence-electron chi connectivity index (χ1n) is 6.91. The molecule has 0 bridgehead atoms. The van der Waals surface area contributed by atoms with Crippen LogP contribution in [0.4, 0.5) is 13.2 Å². The molecule has 1 heterocycles. The third-order valence-corrected chi connectivity index (χ3v) is 3.92. The molecule has 0 spiro atoms. The molecule has 1 aromatic carbocycles. The molecule has 1 unspecified atom stereocenters. The number of benzene rings is 1. The smallest absolute Gasteiger partial charge is 0.324 e. The Balaban J connectivity index is 1.81. The summed E-state index contributed by atoms with van der Waals surface area (Å²) in [4.78, 5) is 0. The van der Waals surface area contributed by atoms with Crippen molar-refractivity contribution in [1.29, 1.82) is 0 Å². The first-order chi connectivity index (χ1) is 9.95. The number of alkyl halides is 3. The molecule has 3 rings (SSSR count). The van der Waals surface area contributed by atoms with Crippen molar-refractivity contribution in [2.24, 2.45) is 5.73 Å². The summed E-state index contributed by atoms with van der Waals surface area (Å²) in [6, 6.07) is 5.24. The molecular weight excluding hydrogens is 279 g/mol. The minimum Gasteiger partial charge on any atom is -0.324 e. The van der Waals surface area contributed by atoms with Crippen molar-refractivity contribution in [3.63, 3.8) is 0 Å². The van der Waals surface area contributed by atoms with E-state index in [1.165, 1.54) is 12.1 Å². The van der Waals surface area contributed by atoms with Gasteiger partial charge in [0.25, 0.3) is 0 Å². The van der Waals surface area contributed by atoms with Gasteiger partial charge in [0.05, 0.1) is 18.3 Å². The van der Waals surface area contributed by atoms with E-state index in [0.29, 0.717) is 6.54 Å². The van der Waals surface area contributed by atoms with Crippen LogP contribution in [0.15, 0.2) is 30.5 Å². The molecule has 112 valence electrons. The second-order valence-electron chi connectivity index (χ2n) is 5.40. The molecular formula is C15H16F3N3. The maximum Gasteiger partial charge on any atom is 0.416 e. The summed E-state index contributed by atoms with van der Waals surface area (Å²) in [7, 11) is 0. The number of hydrogen-bond acceptors (Lipinski definition) is 2. The Bertz CT molecular complexity index is 629. The van der Waals surface area contributed by atoms with E-state index >= 15 is 0 Å². The zero-order valence-electron chi connectivity index (χ0n) is 11.4. The van der Waals surface area contributed by atoms with Gasteiger partial charge in [-0.2, -0.15) is 18.3 Å². The van der Waals surface area contributed by atoms with Gasteiger partial charge in [-0.15, -0.1) is 0 Å². The van der Waals surface area contributed by atoms with Gasteiger partial charge >= 0.3 is 6.18 Å². The summed E-state index contributed by atoms with van der Waals surface area (Å²) in [6.07, 6.45) is 0.384. The second-order valence-corrected chi connectivity index (χ2v) is 5.40. The zero-order chi connectivity index (χ0) is 15.0. The first-order valence-corrected chi connectivity index (χ1v) is 6.91. The van der Waals surface area contributed by atoms with Crippen molar-refractivity contribution in [3.05, 3.63) is 52.8 Å². The van der Waals surface area contributed by atoms with Crippen molar-refractivity contribution in [3.8, 4) is 0 Å². The van der Waals surface area contributed by atoms with Gasteiger partial charge in [-0.1, -0.05) is 12.1 Å². The van der Waals surface area contributed by atoms with Crippen molar-refractivity contribution >= 4 is 0 Å². The third-order valence-electron chi connectivity index (χ3n) is 3.92. The Morgan fingerprint density at radius 2 is 1.95 bits per heavy atom. The van der Waals surface area contributed by atoms with E-state index in [4.69, 9.17) is 5.73 Å². The molecule has 0 aliphatic heterocycles. The van der Waals surface area contributed by atoms with Gasteiger partial charge in [0, 0.05) is 17.3 Å². The predicted molar refractivity (Wildman–Crippen MR) is 72.6 cm³/mol. The van der Waals surface area contributed by atoms with Crippen molar-refractivity contribution in [2.45, 2.75) is 38.0 Å². The highest BCUT2D eigenvalue weighted by Gasteiger charge is 2.30. The van der Waals surface area contributed by atoms with E-state index in [9.17, 15) is 13.2 Å². The fourth-order valence-corrected chi connectivity index (χ4v) is 2.76. The molecule has 0 radical (unpaired) electrons. The average Bonchev–Trinajstić information content (AvgIpc) is 2.83. The van der Waals surface area contributed by atoms with Crippen LogP contribution in [0.1, 0.15) is 41.3 Å². The Morgan fingerprint density at radius 3 is 2.62 bits per heavy atom. The van der Waals surface area contributed by atoms with Crippen LogP contribution in [0.25, 0.3) is 0 Å². The van der Waals surface area contributed by atoms with E-state index in [1.807, 2.05) is 4.68 Å². The minimum atomic E-state index is -4.30. The van der Waals surface area contributed by atoms with Gasteiger partial charge in [-0.05, 0) is 37.0 Å². The van der Waals surface area contributed by atoms with Gasteiger partial charge in [0.1, 0.15) is 0 Å². The number of fused-ring (bicyclic) bond motifs is 1. The fourth-order valence-electron chi connectivity index (χ4n) is 2.76. The predicted octanol–water partition coefficient (Wildman–Crippen LogP) is 3.29. The van der Waals surface area contributed by atoms with Gasteiger partial charge in [-0.3, -0.25) is 4.68 Å². The molecule has 3 nitrogen and oxygen atoms in total. The molecule has 2 N–H and O–H groups in total. The molecule has 1 aliphatic carbocycles. The number of rotatable bonds is 2. The topological polar surface area (TPSA) is 43.8 Å². The lowest BCUT2D eigenvalue weighted by Crippen LogP contribution is -2.18. The van der Waals surface area contributed by atoms with Crippen LogP contribution in [0.5, 0.6) is 0 Å². The second kappa shape index (κ2) is 5.18. The van der Waals surface area contributed by atoms with Gasteiger partial charge in [0.2, 0.25) is 0 Å². The fraction of sp³-hybridized carbons (Fsp3) is 0.400. The summed E-state index contributed by atoms with van der Waals surface area (Å²) in [6.45, 7) is 0.472. The van der Waals surface area contributed by atoms with E-state index in [2.05, 4.69) is 5.10 Å². The van der Waals surface area contributed by atoms with Crippen LogP contribution >= 0.6 is 0 Å². The Labute approximate surface area is 120 Å². The van der Waals surface area contributed by atoms with Crippen molar-refractivity contribution < 1.29 is 13.2 Å². The lowest BCUT2D eigenvalue weighted by Gasteiger charge is -2.19. The lowest BCUT2D eigenvalue weighted by molar-refractivity contribution is -0.137. The summed E-state index contributed by atoms with van der Waals surface area (Å²) in [5, 5.41) is 4.33. The largest absolute Gasteiger partial charge is 0.416 e. The number of halogens is 3. The number of nitrogens with two attached hydrogens (primary N) is 1. The zero-order valence-corrected chi connectivity index (χ0v) is 11.4. The monoisotopic (exact) mass is 295 g/mol. The van der Waals surface area contributed by atoms with Crippen LogP contribution < -0.4 is 5.73 Å². The normalized spacial score (nSPS) is 18.6. The highest BCUT2D eigenvalue weighted by atomic mass is 19.4. The van der Waals surface area contributed by atoms with Crippen LogP contribution in [0.2, 0.25) is 0 Å². The molecule has 0 amide bonds. The molecule has 6 heteroatoms. The molecule has 2 aromatic rings. The summed E-state index contributed by atoms with van der Waals surface area (Å²) in [5.74, 6) is 0. The van der Waals surface area contributed by atoms with Crippen LogP contribution in [-0.4, -0.2) is 9.78 Å². The standard InChI is InChI=1S/C15H16F3N3/c16-15(17,18)11-6-4-10(5-7-11)9-21-14-3-1-2-13(19)12(14)8-20-21/h4-8,13H,1-3,9,19H2. The molecule has 0 fully saturated rings. The van der Waals surface area contributed by atoms with Gasteiger partial charge < -0.3 is 5.73 Å². The van der Waals surface area contributed by atoms with Crippen LogP contribution in [0, 0.1) is 0 Å². The number of nitrogens with zero attached hydrogens (tertiary/aromatic N) is 2. The Kier molecular flexibility index (Phi) is 3.49. The maximum absolute atomic E-state index is 12.5. The highest BCUT2D eigenvalue weighted by Crippen LogP contribution is 2.30. The van der Waals surface area contributed by atoms with Crippen molar-refractivity contribution in [1.82, 2.24) is 9.78 Å². The third kappa shape index (κ3) is 2.81. The van der Waals surface area contributed by atoms with Crippen molar-refractivity contribution in [2.75, 3.05) is 0 Å². The highest BCUT2D eigenvalue weighted by molar-refractivity contribution is 5.28. The van der Waals surface area contributed by atoms with Gasteiger partial charge in [-0.25, -0.2) is 0 Å². The Hall–Kier alpha value is -1.82. The first kappa shape index (κ1) is 14.1. The van der Waals surface area contributed by atoms with E-state index < -0.39 is 11.7 Å². The van der Waals surface area contributed by atoms with Crippen LogP contribution in [0.3, 0.4) is 0 Å². The molecule has 1 atom stereocenters. The number of aromatic nitrogens is 2. The quantitative estimate of drug-likeness (QED) is 0.924. The van der Waals surface area contributed by atoms with E-state index in [0.717, 1.165) is 48.2 Å². The molecule has 21 heavy (non-hydrogen) atoms. The lowest BCUT2D eigenvalue weighted by atomic mass is 9.94. The molecule has 0 saturated carbocycles. The molecule has 1 aliphatic rings. The SMILES string of the molecule is NC1CCCc2c1cnn2Cc1ccc(C(F)(F)F)cc1. The molecule has 1 aromatic heterocycles. The summed E-state index contributed by atoms with van der Waals surface area (Å²) < 4.78 is 39.4. The van der Waals surface area contributed by atoms with Gasteiger partial charge in [0.15, 0.2) is 0 Å². The number of hydrogen-bond donors (Lipinski definition) is 1. The maximum atomic E-state index is 12.5.